The Labute approximate surface area is 120 Å². The van der Waals surface area contributed by atoms with E-state index in [9.17, 15) is 4.79 Å². The first-order valence-electron chi connectivity index (χ1n) is 7.36. The molecule has 1 amide bonds. The van der Waals surface area contributed by atoms with Crippen molar-refractivity contribution < 1.29 is 14.3 Å². The highest BCUT2D eigenvalue weighted by Gasteiger charge is 2.23. The van der Waals surface area contributed by atoms with Gasteiger partial charge in [-0.3, -0.25) is 4.79 Å². The van der Waals surface area contributed by atoms with E-state index in [1.807, 2.05) is 19.1 Å². The number of carbonyl (C=O) groups is 1. The van der Waals surface area contributed by atoms with E-state index in [1.165, 1.54) is 0 Å². The maximum atomic E-state index is 12.2. The van der Waals surface area contributed by atoms with Crippen LogP contribution in [0.1, 0.15) is 43.5 Å². The molecule has 1 aliphatic heterocycles. The summed E-state index contributed by atoms with van der Waals surface area (Å²) in [5, 5.41) is 3.00. The maximum absolute atomic E-state index is 12.2. The summed E-state index contributed by atoms with van der Waals surface area (Å²) < 4.78 is 11.1. The molecular weight excluding hydrogens is 254 g/mol. The molecule has 1 heterocycles. The number of ether oxygens (including phenoxy) is 2. The second-order valence-electron chi connectivity index (χ2n) is 5.19. The van der Waals surface area contributed by atoms with Crippen LogP contribution in [0.4, 0.5) is 0 Å². The molecule has 0 aliphatic carbocycles. The van der Waals surface area contributed by atoms with Crippen molar-refractivity contribution >= 4 is 5.91 Å². The van der Waals surface area contributed by atoms with Crippen LogP contribution in [0.2, 0.25) is 0 Å². The van der Waals surface area contributed by atoms with Crippen LogP contribution in [0.25, 0.3) is 0 Å². The van der Waals surface area contributed by atoms with Crippen molar-refractivity contribution in [3.8, 4) is 5.75 Å². The average Bonchev–Trinajstić information content (AvgIpc) is 2.99. The summed E-state index contributed by atoms with van der Waals surface area (Å²) in [5.74, 6) is 0.666. The molecule has 2 atom stereocenters. The zero-order valence-electron chi connectivity index (χ0n) is 12.2. The molecule has 0 spiro atoms. The molecule has 20 heavy (non-hydrogen) atoms. The van der Waals surface area contributed by atoms with Crippen LogP contribution in [0.3, 0.4) is 0 Å². The zero-order valence-corrected chi connectivity index (χ0v) is 12.2. The molecule has 0 unspecified atom stereocenters. The lowest BCUT2D eigenvalue weighted by atomic mass is 10.1. The van der Waals surface area contributed by atoms with Gasteiger partial charge in [-0.05, 0) is 44.4 Å². The Kier molecular flexibility index (Phi) is 5.41. The molecular formula is C16H23NO3. The Morgan fingerprint density at radius 1 is 1.55 bits per heavy atom. The third kappa shape index (κ3) is 3.97. The molecule has 4 heteroatoms. The van der Waals surface area contributed by atoms with E-state index < -0.39 is 0 Å². The van der Waals surface area contributed by atoms with Crippen LogP contribution >= 0.6 is 0 Å². The highest BCUT2D eigenvalue weighted by atomic mass is 16.5. The lowest BCUT2D eigenvalue weighted by Crippen LogP contribution is -2.40. The molecule has 1 aromatic rings. The molecule has 1 N–H and O–H groups in total. The Morgan fingerprint density at radius 2 is 2.40 bits per heavy atom. The Hall–Kier alpha value is -1.55. The van der Waals surface area contributed by atoms with Crippen LogP contribution in [-0.4, -0.2) is 31.3 Å². The SMILES string of the molecule is CCCOc1cccc(C(=O)N[C@@H](C)[C@@H]2CCCO2)c1. The lowest BCUT2D eigenvalue weighted by Gasteiger charge is -2.20. The van der Waals surface area contributed by atoms with Crippen molar-refractivity contribution in [1.82, 2.24) is 5.32 Å². The van der Waals surface area contributed by atoms with Gasteiger partial charge in [0.15, 0.2) is 0 Å². The fourth-order valence-corrected chi connectivity index (χ4v) is 2.33. The summed E-state index contributed by atoms with van der Waals surface area (Å²) >= 11 is 0. The number of rotatable bonds is 6. The standard InChI is InChI=1S/C16H23NO3/c1-3-9-19-14-7-4-6-13(11-14)16(18)17-12(2)15-8-5-10-20-15/h4,6-7,11-12,15H,3,5,8-10H2,1-2H3,(H,17,18)/t12-,15-/m0/s1. The molecule has 1 aromatic carbocycles. The van der Waals surface area contributed by atoms with Crippen molar-refractivity contribution in [1.29, 1.82) is 0 Å². The molecule has 2 rings (SSSR count). The number of amides is 1. The minimum atomic E-state index is -0.0741. The van der Waals surface area contributed by atoms with Gasteiger partial charge in [0.2, 0.25) is 0 Å². The third-order valence-corrected chi connectivity index (χ3v) is 3.45. The number of hydrogen-bond donors (Lipinski definition) is 1. The first-order chi connectivity index (χ1) is 9.70. The van der Waals surface area contributed by atoms with Crippen LogP contribution in [0, 0.1) is 0 Å². The minimum Gasteiger partial charge on any atom is -0.494 e. The Morgan fingerprint density at radius 3 is 3.10 bits per heavy atom. The molecule has 4 nitrogen and oxygen atoms in total. The Balaban J connectivity index is 1.94. The molecule has 0 saturated carbocycles. The highest BCUT2D eigenvalue weighted by Crippen LogP contribution is 2.17. The lowest BCUT2D eigenvalue weighted by molar-refractivity contribution is 0.0712. The van der Waals surface area contributed by atoms with Gasteiger partial charge in [-0.2, -0.15) is 0 Å². The summed E-state index contributed by atoms with van der Waals surface area (Å²) in [4.78, 5) is 12.2. The van der Waals surface area contributed by atoms with Gasteiger partial charge in [0.05, 0.1) is 18.8 Å². The second-order valence-corrected chi connectivity index (χ2v) is 5.19. The van der Waals surface area contributed by atoms with E-state index in [4.69, 9.17) is 9.47 Å². The fraction of sp³-hybridized carbons (Fsp3) is 0.562. The molecule has 1 saturated heterocycles. The van der Waals surface area contributed by atoms with Crippen LogP contribution in [-0.2, 0) is 4.74 Å². The van der Waals surface area contributed by atoms with Gasteiger partial charge in [0, 0.05) is 12.2 Å². The highest BCUT2D eigenvalue weighted by molar-refractivity contribution is 5.94. The van der Waals surface area contributed by atoms with Gasteiger partial charge < -0.3 is 14.8 Å². The van der Waals surface area contributed by atoms with Gasteiger partial charge in [-0.15, -0.1) is 0 Å². The predicted molar refractivity (Wildman–Crippen MR) is 78.1 cm³/mol. The van der Waals surface area contributed by atoms with Gasteiger partial charge >= 0.3 is 0 Å². The van der Waals surface area contributed by atoms with Crippen molar-refractivity contribution in [3.05, 3.63) is 29.8 Å². The summed E-state index contributed by atoms with van der Waals surface area (Å²) in [6.45, 7) is 5.51. The van der Waals surface area contributed by atoms with Gasteiger partial charge in [-0.1, -0.05) is 13.0 Å². The number of hydrogen-bond acceptors (Lipinski definition) is 3. The average molecular weight is 277 g/mol. The molecule has 1 aliphatic rings. The van der Waals surface area contributed by atoms with Crippen molar-refractivity contribution in [2.45, 2.75) is 45.3 Å². The van der Waals surface area contributed by atoms with E-state index in [0.717, 1.165) is 31.6 Å². The van der Waals surface area contributed by atoms with E-state index in [2.05, 4.69) is 12.2 Å². The molecule has 1 fully saturated rings. The van der Waals surface area contributed by atoms with E-state index in [1.54, 1.807) is 12.1 Å². The molecule has 0 radical (unpaired) electrons. The van der Waals surface area contributed by atoms with Crippen molar-refractivity contribution in [2.75, 3.05) is 13.2 Å². The van der Waals surface area contributed by atoms with E-state index >= 15 is 0 Å². The normalized spacial score (nSPS) is 19.6. The number of nitrogens with one attached hydrogen (secondary N) is 1. The van der Waals surface area contributed by atoms with E-state index in [-0.39, 0.29) is 18.1 Å². The van der Waals surface area contributed by atoms with Crippen LogP contribution < -0.4 is 10.1 Å². The molecule has 0 aromatic heterocycles. The number of benzene rings is 1. The van der Waals surface area contributed by atoms with Gasteiger partial charge in [-0.25, -0.2) is 0 Å². The quantitative estimate of drug-likeness (QED) is 0.869. The minimum absolute atomic E-state index is 0.0326. The van der Waals surface area contributed by atoms with Crippen LogP contribution in [0.5, 0.6) is 5.75 Å². The summed E-state index contributed by atoms with van der Waals surface area (Å²) in [5.41, 5.74) is 0.628. The second kappa shape index (κ2) is 7.29. The van der Waals surface area contributed by atoms with Gasteiger partial charge in [0.25, 0.3) is 5.91 Å². The summed E-state index contributed by atoms with van der Waals surface area (Å²) in [6, 6.07) is 7.33. The van der Waals surface area contributed by atoms with Gasteiger partial charge in [0.1, 0.15) is 5.75 Å². The molecule has 0 bridgehead atoms. The van der Waals surface area contributed by atoms with E-state index in [0.29, 0.717) is 12.2 Å². The van der Waals surface area contributed by atoms with Crippen LogP contribution in [0.15, 0.2) is 24.3 Å². The monoisotopic (exact) mass is 277 g/mol. The number of carbonyl (C=O) groups excluding carboxylic acids is 1. The maximum Gasteiger partial charge on any atom is 0.251 e. The van der Waals surface area contributed by atoms with Crippen molar-refractivity contribution in [2.24, 2.45) is 0 Å². The first kappa shape index (κ1) is 14.9. The molecule has 110 valence electrons. The van der Waals surface area contributed by atoms with Crippen molar-refractivity contribution in [3.63, 3.8) is 0 Å². The summed E-state index contributed by atoms with van der Waals surface area (Å²) in [7, 11) is 0. The predicted octanol–water partition coefficient (Wildman–Crippen LogP) is 2.77. The largest absolute Gasteiger partial charge is 0.494 e. The fourth-order valence-electron chi connectivity index (χ4n) is 2.33. The smallest absolute Gasteiger partial charge is 0.251 e. The topological polar surface area (TPSA) is 47.6 Å². The summed E-state index contributed by atoms with van der Waals surface area (Å²) in [6.07, 6.45) is 3.18. The first-order valence-corrected chi connectivity index (χ1v) is 7.36. The third-order valence-electron chi connectivity index (χ3n) is 3.45. The zero-order chi connectivity index (χ0) is 14.4. The Bertz CT molecular complexity index is 441.